The first kappa shape index (κ1) is 15.4. The largest absolute Gasteiger partial charge is 0.493 e. The van der Waals surface area contributed by atoms with E-state index in [2.05, 4.69) is 12.1 Å². The Kier molecular flexibility index (Phi) is 4.60. The summed E-state index contributed by atoms with van der Waals surface area (Å²) in [7, 11) is 0. The van der Waals surface area contributed by atoms with Crippen molar-refractivity contribution in [2.75, 3.05) is 6.61 Å². The Morgan fingerprint density at radius 2 is 1.71 bits per heavy atom. The molecule has 2 aromatic rings. The molecule has 0 bridgehead atoms. The molecule has 0 radical (unpaired) electrons. The van der Waals surface area contributed by atoms with Gasteiger partial charge in [-0.2, -0.15) is 0 Å². The molecule has 0 N–H and O–H groups in total. The van der Waals surface area contributed by atoms with Gasteiger partial charge in [0.05, 0.1) is 19.5 Å². The highest BCUT2D eigenvalue weighted by atomic mass is 16.7. The smallest absolute Gasteiger partial charge is 0.184 e. The van der Waals surface area contributed by atoms with Gasteiger partial charge in [-0.15, -0.1) is 0 Å². The number of rotatable bonds is 4. The van der Waals surface area contributed by atoms with Gasteiger partial charge in [0.15, 0.2) is 12.4 Å². The molecule has 0 unspecified atom stereocenters. The van der Waals surface area contributed by atoms with Crippen molar-refractivity contribution >= 4 is 0 Å². The van der Waals surface area contributed by atoms with Crippen LogP contribution >= 0.6 is 0 Å². The Hall–Kier alpha value is -2.14. The van der Waals surface area contributed by atoms with E-state index in [4.69, 9.17) is 18.9 Å². The van der Waals surface area contributed by atoms with Gasteiger partial charge >= 0.3 is 0 Å². The van der Waals surface area contributed by atoms with Crippen molar-refractivity contribution in [2.24, 2.45) is 0 Å². The average Bonchev–Trinajstić information content (AvgIpc) is 2.67. The Morgan fingerprint density at radius 1 is 0.958 bits per heavy atom. The van der Waals surface area contributed by atoms with E-state index >= 15 is 0 Å². The molecule has 124 valence electrons. The van der Waals surface area contributed by atoms with Crippen LogP contribution in [0.3, 0.4) is 0 Å². The minimum atomic E-state index is -0.384. The molecule has 2 aliphatic heterocycles. The molecule has 0 amide bonds. The summed E-state index contributed by atoms with van der Waals surface area (Å²) in [6.45, 7) is 1.03. The fraction of sp³-hybridized carbons (Fsp3) is 0.300. The standard InChI is InChI=1S/C20H20O4/c1-3-7-15(8-4-1)13-22-17-11-12-21-18-14-23-20(24-19(17)18)16-9-5-2-6-10-16/h1-12,17-20H,13-14H2/t17-,18+,19-,20+/m0/s1. The lowest BCUT2D eigenvalue weighted by Gasteiger charge is -2.40. The molecular formula is C20H20O4. The first-order valence-corrected chi connectivity index (χ1v) is 8.20. The second-order valence-corrected chi connectivity index (χ2v) is 5.94. The highest BCUT2D eigenvalue weighted by Crippen LogP contribution is 2.32. The molecule has 0 aromatic heterocycles. The maximum absolute atomic E-state index is 6.15. The molecule has 4 atom stereocenters. The normalized spacial score (nSPS) is 28.8. The maximum atomic E-state index is 6.15. The predicted molar refractivity (Wildman–Crippen MR) is 89.0 cm³/mol. The Morgan fingerprint density at radius 3 is 2.50 bits per heavy atom. The predicted octanol–water partition coefficient (Wildman–Crippen LogP) is 3.60. The van der Waals surface area contributed by atoms with Gasteiger partial charge in [-0.05, 0) is 11.6 Å². The van der Waals surface area contributed by atoms with Crippen LogP contribution in [0.5, 0.6) is 0 Å². The van der Waals surface area contributed by atoms with Crippen molar-refractivity contribution in [3.8, 4) is 0 Å². The van der Waals surface area contributed by atoms with Crippen LogP contribution in [-0.2, 0) is 25.6 Å². The summed E-state index contributed by atoms with van der Waals surface area (Å²) in [5.74, 6) is 0. The molecule has 2 heterocycles. The van der Waals surface area contributed by atoms with E-state index in [0.717, 1.165) is 11.1 Å². The monoisotopic (exact) mass is 324 g/mol. The summed E-state index contributed by atoms with van der Waals surface area (Å²) in [6, 6.07) is 20.1. The molecule has 4 nitrogen and oxygen atoms in total. The van der Waals surface area contributed by atoms with Crippen molar-refractivity contribution < 1.29 is 18.9 Å². The fourth-order valence-corrected chi connectivity index (χ4v) is 2.99. The highest BCUT2D eigenvalue weighted by molar-refractivity contribution is 5.17. The van der Waals surface area contributed by atoms with Crippen LogP contribution in [0.2, 0.25) is 0 Å². The van der Waals surface area contributed by atoms with E-state index in [0.29, 0.717) is 13.2 Å². The van der Waals surface area contributed by atoms with Crippen molar-refractivity contribution in [3.63, 3.8) is 0 Å². The van der Waals surface area contributed by atoms with Crippen LogP contribution in [-0.4, -0.2) is 24.9 Å². The van der Waals surface area contributed by atoms with Gasteiger partial charge < -0.3 is 18.9 Å². The summed E-state index contributed by atoms with van der Waals surface area (Å²) >= 11 is 0. The van der Waals surface area contributed by atoms with E-state index < -0.39 is 0 Å². The van der Waals surface area contributed by atoms with Crippen molar-refractivity contribution in [3.05, 3.63) is 84.1 Å². The molecule has 0 spiro atoms. The van der Waals surface area contributed by atoms with E-state index in [9.17, 15) is 0 Å². The summed E-state index contributed by atoms with van der Waals surface area (Å²) in [4.78, 5) is 0. The van der Waals surface area contributed by atoms with E-state index in [1.807, 2.05) is 54.6 Å². The maximum Gasteiger partial charge on any atom is 0.184 e. The quantitative estimate of drug-likeness (QED) is 0.861. The fourth-order valence-electron chi connectivity index (χ4n) is 2.99. The zero-order valence-corrected chi connectivity index (χ0v) is 13.3. The number of hydrogen-bond donors (Lipinski definition) is 0. The lowest BCUT2D eigenvalue weighted by Crippen LogP contribution is -2.50. The third-order valence-electron chi connectivity index (χ3n) is 4.26. The van der Waals surface area contributed by atoms with Crippen LogP contribution in [0.15, 0.2) is 73.0 Å². The van der Waals surface area contributed by atoms with Gasteiger partial charge in [-0.25, -0.2) is 0 Å². The third-order valence-corrected chi connectivity index (χ3v) is 4.26. The molecule has 1 fully saturated rings. The Labute approximate surface area is 141 Å². The molecule has 4 rings (SSSR count). The molecule has 2 aromatic carbocycles. The van der Waals surface area contributed by atoms with Crippen LogP contribution in [0.25, 0.3) is 0 Å². The zero-order chi connectivity index (χ0) is 16.2. The molecular weight excluding hydrogens is 304 g/mol. The SMILES string of the molecule is C1=C[C@H](OCc2ccccc2)[C@@H]2O[C@H](c3ccccc3)OC[C@H]2O1. The number of benzene rings is 2. The summed E-state index contributed by atoms with van der Waals surface area (Å²) in [6.07, 6.45) is 2.74. The van der Waals surface area contributed by atoms with Crippen molar-refractivity contribution in [2.45, 2.75) is 31.2 Å². The van der Waals surface area contributed by atoms with Crippen LogP contribution in [0.4, 0.5) is 0 Å². The first-order chi connectivity index (χ1) is 11.9. The summed E-state index contributed by atoms with van der Waals surface area (Å²) in [5, 5.41) is 0. The van der Waals surface area contributed by atoms with Crippen molar-refractivity contribution in [1.82, 2.24) is 0 Å². The van der Waals surface area contributed by atoms with Crippen LogP contribution < -0.4 is 0 Å². The molecule has 24 heavy (non-hydrogen) atoms. The van der Waals surface area contributed by atoms with E-state index in [1.54, 1.807) is 6.26 Å². The second kappa shape index (κ2) is 7.18. The Balaban J connectivity index is 1.45. The van der Waals surface area contributed by atoms with Crippen LogP contribution in [0, 0.1) is 0 Å². The number of hydrogen-bond acceptors (Lipinski definition) is 4. The van der Waals surface area contributed by atoms with Gasteiger partial charge in [-0.3, -0.25) is 0 Å². The molecule has 1 saturated heterocycles. The third kappa shape index (κ3) is 3.36. The topological polar surface area (TPSA) is 36.9 Å². The van der Waals surface area contributed by atoms with E-state index in [1.165, 1.54) is 0 Å². The molecule has 2 aliphatic rings. The summed E-state index contributed by atoms with van der Waals surface area (Å²) in [5.41, 5.74) is 2.15. The minimum absolute atomic E-state index is 0.143. The van der Waals surface area contributed by atoms with Gasteiger partial charge in [0.25, 0.3) is 0 Å². The van der Waals surface area contributed by atoms with Crippen LogP contribution in [0.1, 0.15) is 17.4 Å². The first-order valence-electron chi connectivity index (χ1n) is 8.20. The Bertz CT molecular complexity index is 671. The lowest BCUT2D eigenvalue weighted by molar-refractivity contribution is -0.281. The lowest BCUT2D eigenvalue weighted by atomic mass is 10.0. The van der Waals surface area contributed by atoms with Gasteiger partial charge in [0.2, 0.25) is 0 Å². The molecule has 0 aliphatic carbocycles. The van der Waals surface area contributed by atoms with Gasteiger partial charge in [0.1, 0.15) is 12.2 Å². The molecule has 4 heteroatoms. The van der Waals surface area contributed by atoms with Gasteiger partial charge in [0, 0.05) is 5.56 Å². The molecule has 0 saturated carbocycles. The number of fused-ring (bicyclic) bond motifs is 1. The number of ether oxygens (including phenoxy) is 4. The zero-order valence-electron chi connectivity index (χ0n) is 13.3. The average molecular weight is 324 g/mol. The van der Waals surface area contributed by atoms with Gasteiger partial charge in [-0.1, -0.05) is 60.7 Å². The minimum Gasteiger partial charge on any atom is -0.493 e. The van der Waals surface area contributed by atoms with E-state index in [-0.39, 0.29) is 24.6 Å². The van der Waals surface area contributed by atoms with Crippen molar-refractivity contribution in [1.29, 1.82) is 0 Å². The highest BCUT2D eigenvalue weighted by Gasteiger charge is 2.40. The summed E-state index contributed by atoms with van der Waals surface area (Å²) < 4.78 is 23.7. The second-order valence-electron chi connectivity index (χ2n) is 5.94.